The zero-order valence-electron chi connectivity index (χ0n) is 24.9. The summed E-state index contributed by atoms with van der Waals surface area (Å²) in [5.41, 5.74) is 0.678. The van der Waals surface area contributed by atoms with Crippen LogP contribution >= 0.6 is 11.6 Å². The highest BCUT2D eigenvalue weighted by Crippen LogP contribution is 2.16. The van der Waals surface area contributed by atoms with Crippen LogP contribution in [0.1, 0.15) is 140 Å². The number of methoxy groups -OCH3 is 1. The molecule has 226 valence electrons. The Labute approximate surface area is 248 Å². The summed E-state index contributed by atoms with van der Waals surface area (Å²) in [6, 6.07) is 8.53. The van der Waals surface area contributed by atoms with E-state index < -0.39 is 5.92 Å². The second-order valence-electron chi connectivity index (χ2n) is 9.83. The maximum atomic E-state index is 10.6. The minimum Gasteiger partial charge on any atom is -0.469 e. The topological polar surface area (TPSA) is 101 Å². The predicted molar refractivity (Wildman–Crippen MR) is 163 cm³/mol. The number of aldehydes is 3. The molecule has 0 aliphatic carbocycles. The molecule has 6 nitrogen and oxygen atoms in total. The number of hydrogen-bond acceptors (Lipinski definition) is 6. The zero-order chi connectivity index (χ0) is 30.1. The number of benzene rings is 1. The van der Waals surface area contributed by atoms with Gasteiger partial charge in [0.2, 0.25) is 0 Å². The highest BCUT2D eigenvalue weighted by Gasteiger charge is 2.07. The Hall–Kier alpha value is -2.52. The first-order chi connectivity index (χ1) is 19.5. The minimum atomic E-state index is -0.678. The number of halogens is 1. The van der Waals surface area contributed by atoms with E-state index >= 15 is 0 Å². The number of esters is 1. The van der Waals surface area contributed by atoms with Crippen molar-refractivity contribution >= 4 is 36.4 Å². The van der Waals surface area contributed by atoms with Crippen molar-refractivity contribution in [1.29, 1.82) is 5.26 Å². The van der Waals surface area contributed by atoms with Crippen molar-refractivity contribution in [3.63, 3.8) is 0 Å². The third-order valence-corrected chi connectivity index (χ3v) is 6.61. The summed E-state index contributed by atoms with van der Waals surface area (Å²) in [6.07, 6.45) is 24.8. The molecular weight excluding hydrogens is 526 g/mol. The van der Waals surface area contributed by atoms with E-state index in [-0.39, 0.29) is 5.97 Å². The van der Waals surface area contributed by atoms with E-state index in [1.165, 1.54) is 84.2 Å². The molecule has 1 rings (SSSR count). The van der Waals surface area contributed by atoms with Crippen LogP contribution in [-0.4, -0.2) is 31.9 Å². The third kappa shape index (κ3) is 28.5. The Kier molecular flexibility index (Phi) is 32.4. The lowest BCUT2D eigenvalue weighted by molar-refractivity contribution is -0.140. The van der Waals surface area contributed by atoms with Gasteiger partial charge in [0.1, 0.15) is 24.8 Å². The van der Waals surface area contributed by atoms with Gasteiger partial charge in [0.15, 0.2) is 0 Å². The number of carbonyl (C=O) groups is 4. The van der Waals surface area contributed by atoms with Crippen molar-refractivity contribution in [2.45, 2.75) is 135 Å². The molecule has 0 spiro atoms. The number of ether oxygens (including phenoxy) is 1. The van der Waals surface area contributed by atoms with Crippen LogP contribution in [-0.2, 0) is 23.9 Å². The molecule has 0 aliphatic heterocycles. The molecule has 0 N–H and O–H groups in total. The smallest absolute Gasteiger partial charge is 0.305 e. The van der Waals surface area contributed by atoms with E-state index in [0.29, 0.717) is 29.7 Å². The maximum Gasteiger partial charge on any atom is 0.305 e. The van der Waals surface area contributed by atoms with Gasteiger partial charge in [0.05, 0.1) is 13.2 Å². The van der Waals surface area contributed by atoms with Crippen molar-refractivity contribution in [1.82, 2.24) is 0 Å². The average molecular weight is 578 g/mol. The molecule has 0 fully saturated rings. The Morgan fingerprint density at radius 2 is 1.20 bits per heavy atom. The van der Waals surface area contributed by atoms with Gasteiger partial charge < -0.3 is 19.1 Å². The highest BCUT2D eigenvalue weighted by atomic mass is 35.5. The summed E-state index contributed by atoms with van der Waals surface area (Å²) in [6.45, 7) is 2.27. The summed E-state index contributed by atoms with van der Waals surface area (Å²) in [7, 11) is 1.38. The quantitative estimate of drug-likeness (QED) is 0.0773. The predicted octanol–water partition coefficient (Wildman–Crippen LogP) is 9.12. The molecule has 0 bridgehead atoms. The second kappa shape index (κ2) is 32.7. The summed E-state index contributed by atoms with van der Waals surface area (Å²) < 4.78 is 4.45. The van der Waals surface area contributed by atoms with E-state index in [2.05, 4.69) is 11.7 Å². The fraction of sp³-hybridized carbons (Fsp3) is 0.667. The molecule has 40 heavy (non-hydrogen) atoms. The summed E-state index contributed by atoms with van der Waals surface area (Å²) in [4.78, 5) is 40.9. The van der Waals surface area contributed by atoms with Crippen LogP contribution in [0.15, 0.2) is 24.3 Å². The molecule has 7 heteroatoms. The number of nitriles is 1. The van der Waals surface area contributed by atoms with E-state index in [4.69, 9.17) is 16.9 Å². The Morgan fingerprint density at radius 1 is 0.775 bits per heavy atom. The fourth-order valence-corrected chi connectivity index (χ4v) is 4.00. The number of rotatable bonds is 22. The van der Waals surface area contributed by atoms with Crippen molar-refractivity contribution < 1.29 is 23.9 Å². The summed E-state index contributed by atoms with van der Waals surface area (Å²) in [5, 5.41) is 9.13. The van der Waals surface area contributed by atoms with Crippen molar-refractivity contribution in [2.24, 2.45) is 0 Å². The van der Waals surface area contributed by atoms with E-state index in [1.807, 2.05) is 6.07 Å². The first-order valence-electron chi connectivity index (χ1n) is 15.0. The van der Waals surface area contributed by atoms with Gasteiger partial charge >= 0.3 is 5.97 Å². The number of hydrogen-bond donors (Lipinski definition) is 0. The molecule has 0 radical (unpaired) electrons. The zero-order valence-corrected chi connectivity index (χ0v) is 25.7. The molecule has 0 aromatic heterocycles. The summed E-state index contributed by atoms with van der Waals surface area (Å²) >= 11 is 5.63. The Balaban J connectivity index is 0. The van der Waals surface area contributed by atoms with Crippen molar-refractivity contribution in [2.75, 3.05) is 7.11 Å². The molecule has 0 amide bonds. The van der Waals surface area contributed by atoms with Crippen LogP contribution < -0.4 is 0 Å². The molecule has 1 atom stereocenters. The van der Waals surface area contributed by atoms with Crippen LogP contribution in [0.5, 0.6) is 0 Å². The normalized spacial score (nSPS) is 10.6. The van der Waals surface area contributed by atoms with Gasteiger partial charge in [0.25, 0.3) is 0 Å². The van der Waals surface area contributed by atoms with Gasteiger partial charge in [-0.15, -0.1) is 0 Å². The highest BCUT2D eigenvalue weighted by molar-refractivity contribution is 6.30. The lowest BCUT2D eigenvalue weighted by atomic mass is 10.0. The van der Waals surface area contributed by atoms with Crippen LogP contribution in [0.4, 0.5) is 0 Å². The Morgan fingerprint density at radius 3 is 1.57 bits per heavy atom. The fourth-order valence-electron chi connectivity index (χ4n) is 3.87. The lowest BCUT2D eigenvalue weighted by Crippen LogP contribution is -1.99. The van der Waals surface area contributed by atoms with Gasteiger partial charge in [-0.3, -0.25) is 4.79 Å². The van der Waals surface area contributed by atoms with Gasteiger partial charge in [0, 0.05) is 24.3 Å². The molecule has 1 unspecified atom stereocenters. The molecule has 0 saturated heterocycles. The third-order valence-electron chi connectivity index (χ3n) is 6.36. The number of carbonyl (C=O) groups excluding carboxylic acids is 4. The second-order valence-corrected chi connectivity index (χ2v) is 10.3. The monoisotopic (exact) mass is 577 g/mol. The van der Waals surface area contributed by atoms with Crippen molar-refractivity contribution in [3.8, 4) is 6.07 Å². The van der Waals surface area contributed by atoms with Gasteiger partial charge in [-0.25, -0.2) is 0 Å². The van der Waals surface area contributed by atoms with Gasteiger partial charge in [-0.1, -0.05) is 114 Å². The van der Waals surface area contributed by atoms with Crippen LogP contribution in [0.25, 0.3) is 0 Å². The van der Waals surface area contributed by atoms with Crippen LogP contribution in [0, 0.1) is 11.3 Å². The first-order valence-corrected chi connectivity index (χ1v) is 15.4. The van der Waals surface area contributed by atoms with E-state index in [9.17, 15) is 19.2 Å². The van der Waals surface area contributed by atoms with E-state index in [1.54, 1.807) is 24.3 Å². The lowest BCUT2D eigenvalue weighted by Gasteiger charge is -2.02. The minimum absolute atomic E-state index is 0.170. The first kappa shape index (κ1) is 39.6. The maximum absolute atomic E-state index is 10.6. The van der Waals surface area contributed by atoms with Gasteiger partial charge in [-0.2, -0.15) is 5.26 Å². The average Bonchev–Trinajstić information content (AvgIpc) is 2.97. The Bertz CT molecular complexity index is 776. The molecular formula is C33H52ClNO5. The standard InChI is InChI=1S/C16H32O.C9H6ClNO.C8H14O3/c1-2-3-4-5-6-7-8-9-10-11-12-13-14-15-16-17;10-9-3-1-7(2-4-9)8(5-11)6-12;1-11-8(10)6-4-2-3-5-7-9/h16H,2-15H2,1H3;1-4,6,8H;7H,2-6H2,1H3. The number of unbranched alkanes of at least 4 members (excludes halogenated alkanes) is 16. The molecule has 1 aromatic carbocycles. The van der Waals surface area contributed by atoms with Gasteiger partial charge in [-0.05, 0) is 37.0 Å². The van der Waals surface area contributed by atoms with Crippen LogP contribution in [0.2, 0.25) is 5.02 Å². The molecule has 0 aliphatic rings. The summed E-state index contributed by atoms with van der Waals surface area (Å²) in [5.74, 6) is -0.849. The van der Waals surface area contributed by atoms with Crippen molar-refractivity contribution in [3.05, 3.63) is 34.9 Å². The largest absolute Gasteiger partial charge is 0.469 e. The SMILES string of the molecule is CCCCCCCCCCCCCCCC=O.COC(=O)CCCCCC=O.N#CC(C=O)c1ccc(Cl)cc1. The van der Waals surface area contributed by atoms with E-state index in [0.717, 1.165) is 44.7 Å². The molecule has 0 heterocycles. The molecule has 1 aromatic rings. The van der Waals surface area contributed by atoms with Crippen LogP contribution in [0.3, 0.4) is 0 Å². The molecule has 0 saturated carbocycles. The number of nitrogens with zero attached hydrogens (tertiary/aromatic N) is 1.